The van der Waals surface area contributed by atoms with Crippen LogP contribution >= 0.6 is 35.7 Å². The van der Waals surface area contributed by atoms with Gasteiger partial charge in [-0.05, 0) is 19.9 Å². The van der Waals surface area contributed by atoms with E-state index in [2.05, 4.69) is 0 Å². The number of rotatable bonds is 5. The third kappa shape index (κ3) is 4.25. The molecule has 10 heteroatoms. The Bertz CT molecular complexity index is 741. The number of thiocarbonyl (C=S) groups is 1. The summed E-state index contributed by atoms with van der Waals surface area (Å²) in [5.74, 6) is -1.98. The van der Waals surface area contributed by atoms with Gasteiger partial charge in [-0.1, -0.05) is 35.7 Å². The molecule has 1 fully saturated rings. The summed E-state index contributed by atoms with van der Waals surface area (Å²) in [6.45, 7) is 3.43. The summed E-state index contributed by atoms with van der Waals surface area (Å²) in [5, 5.41) is 9.57. The molecule has 0 radical (unpaired) electrons. The fraction of sp³-hybridized carbons (Fsp3) is 0.333. The van der Waals surface area contributed by atoms with Crippen molar-refractivity contribution in [3.8, 4) is 0 Å². The van der Waals surface area contributed by atoms with Crippen LogP contribution in [0.4, 0.5) is 0 Å². The van der Waals surface area contributed by atoms with Crippen LogP contribution < -0.4 is 0 Å². The van der Waals surface area contributed by atoms with Crippen molar-refractivity contribution in [3.05, 3.63) is 32.7 Å². The molecule has 0 aliphatic carbocycles. The lowest BCUT2D eigenvalue weighted by molar-refractivity contribution is -0.140. The van der Waals surface area contributed by atoms with Gasteiger partial charge in [0.15, 0.2) is 0 Å². The van der Waals surface area contributed by atoms with Gasteiger partial charge in [-0.25, -0.2) is 4.79 Å². The second kappa shape index (κ2) is 8.07. The number of carboxylic acid groups (broad SMARTS) is 1. The molecule has 1 amide bonds. The minimum Gasteiger partial charge on any atom is -0.480 e. The molecule has 2 heterocycles. The number of aliphatic carboxylic acids is 1. The number of carboxylic acids is 1. The predicted octanol–water partition coefficient (Wildman–Crippen LogP) is 2.13. The van der Waals surface area contributed by atoms with Gasteiger partial charge in [-0.3, -0.25) is 14.5 Å². The highest BCUT2D eigenvalue weighted by Gasteiger charge is 2.38. The molecule has 2 aliphatic heterocycles. The number of amides is 1. The van der Waals surface area contributed by atoms with Crippen LogP contribution in [0.25, 0.3) is 0 Å². The van der Waals surface area contributed by atoms with Gasteiger partial charge in [0.05, 0.1) is 11.6 Å². The van der Waals surface area contributed by atoms with Crippen LogP contribution in [-0.2, 0) is 19.1 Å². The van der Waals surface area contributed by atoms with Crippen molar-refractivity contribution in [2.24, 2.45) is 0 Å². The van der Waals surface area contributed by atoms with E-state index in [9.17, 15) is 14.4 Å². The molecule has 2 aliphatic rings. The van der Waals surface area contributed by atoms with Gasteiger partial charge in [0, 0.05) is 23.7 Å². The van der Waals surface area contributed by atoms with Gasteiger partial charge in [0.1, 0.15) is 15.8 Å². The van der Waals surface area contributed by atoms with Gasteiger partial charge in [-0.15, -0.1) is 0 Å². The number of carbonyl (C=O) groups excluding carboxylic acids is 2. The lowest BCUT2D eigenvalue weighted by Gasteiger charge is -2.16. The number of carbonyl (C=O) groups is 3. The maximum Gasteiger partial charge on any atom is 0.330 e. The lowest BCUT2D eigenvalue weighted by Crippen LogP contribution is -2.33. The summed E-state index contributed by atoms with van der Waals surface area (Å²) in [7, 11) is 1.80. The van der Waals surface area contributed by atoms with Crippen molar-refractivity contribution >= 4 is 57.9 Å². The second-order valence-corrected chi connectivity index (χ2v) is 7.66. The number of allylic oxidation sites excluding steroid dienone is 2. The summed E-state index contributed by atoms with van der Waals surface area (Å²) < 4.78 is 5.07. The molecule has 0 unspecified atom stereocenters. The first-order valence-corrected chi connectivity index (χ1v) is 9.27. The van der Waals surface area contributed by atoms with Gasteiger partial charge >= 0.3 is 11.9 Å². The highest BCUT2D eigenvalue weighted by Crippen LogP contribution is 2.47. The molecular weight excluding hydrogens is 384 g/mol. The van der Waals surface area contributed by atoms with E-state index in [0.717, 1.165) is 27.3 Å². The Morgan fingerprint density at radius 3 is 2.64 bits per heavy atom. The molecule has 7 nitrogen and oxygen atoms in total. The quantitative estimate of drug-likeness (QED) is 0.423. The van der Waals surface area contributed by atoms with Crippen LogP contribution in [0.15, 0.2) is 32.7 Å². The molecule has 0 aromatic rings. The van der Waals surface area contributed by atoms with Crippen LogP contribution in [-0.4, -0.2) is 57.3 Å². The largest absolute Gasteiger partial charge is 0.480 e. The molecule has 0 aromatic heterocycles. The topological polar surface area (TPSA) is 87.2 Å². The summed E-state index contributed by atoms with van der Waals surface area (Å²) in [5.41, 5.74) is 0.865. The van der Waals surface area contributed by atoms with Crippen LogP contribution in [0, 0.1) is 0 Å². The molecule has 2 rings (SSSR count). The van der Waals surface area contributed by atoms with E-state index >= 15 is 0 Å². The molecule has 1 saturated heterocycles. The van der Waals surface area contributed by atoms with Crippen molar-refractivity contribution in [1.29, 1.82) is 0 Å². The Hall–Kier alpha value is -1.78. The molecule has 1 N–H and O–H groups in total. The smallest absolute Gasteiger partial charge is 0.330 e. The number of ether oxygens (including phenoxy) is 1. The molecule has 25 heavy (non-hydrogen) atoms. The van der Waals surface area contributed by atoms with E-state index in [0.29, 0.717) is 16.5 Å². The molecular formula is C15H16N2O5S3. The number of nitrogens with zero attached hydrogens (tertiary/aromatic N) is 2. The van der Waals surface area contributed by atoms with E-state index in [1.54, 1.807) is 20.0 Å². The number of hydrogen-bond donors (Lipinski definition) is 1. The molecule has 134 valence electrons. The van der Waals surface area contributed by atoms with E-state index in [4.69, 9.17) is 22.1 Å². The van der Waals surface area contributed by atoms with Gasteiger partial charge < -0.3 is 14.7 Å². The van der Waals surface area contributed by atoms with Gasteiger partial charge in [0.2, 0.25) is 0 Å². The Morgan fingerprint density at radius 2 is 2.04 bits per heavy atom. The zero-order valence-electron chi connectivity index (χ0n) is 13.8. The van der Waals surface area contributed by atoms with E-state index in [1.807, 2.05) is 11.8 Å². The van der Waals surface area contributed by atoms with Crippen molar-refractivity contribution in [3.63, 3.8) is 0 Å². The average Bonchev–Trinajstić information content (AvgIpc) is 2.97. The van der Waals surface area contributed by atoms with Crippen LogP contribution in [0.5, 0.6) is 0 Å². The summed E-state index contributed by atoms with van der Waals surface area (Å²) in [4.78, 5) is 38.9. The summed E-state index contributed by atoms with van der Waals surface area (Å²) >= 11 is 7.52. The number of hydrogen-bond acceptors (Lipinski definition) is 8. The Morgan fingerprint density at radius 1 is 1.36 bits per heavy atom. The third-order valence-corrected chi connectivity index (χ3v) is 6.25. The SMILES string of the molecule is CCOC(=O)/C=C/C1=C(C)N(C)/C(=C2\SC(=S)N(CC(=O)O)C2=O)S1. The van der Waals surface area contributed by atoms with Crippen molar-refractivity contribution in [2.75, 3.05) is 20.2 Å². The fourth-order valence-corrected chi connectivity index (χ4v) is 4.63. The summed E-state index contributed by atoms with van der Waals surface area (Å²) in [6.07, 6.45) is 2.97. The molecule has 0 saturated carbocycles. The maximum atomic E-state index is 12.5. The molecule has 0 atom stereocenters. The fourth-order valence-electron chi connectivity index (χ4n) is 2.05. The molecule has 0 bridgehead atoms. The van der Waals surface area contributed by atoms with E-state index in [-0.39, 0.29) is 4.32 Å². The highest BCUT2D eigenvalue weighted by molar-refractivity contribution is 8.27. The average molecular weight is 401 g/mol. The monoisotopic (exact) mass is 400 g/mol. The molecule has 0 aromatic carbocycles. The first-order chi connectivity index (χ1) is 11.8. The first-order valence-electron chi connectivity index (χ1n) is 7.23. The minimum absolute atomic E-state index is 0.220. The molecule has 0 spiro atoms. The Balaban J connectivity index is 2.24. The second-order valence-electron chi connectivity index (χ2n) is 4.98. The Labute approximate surface area is 158 Å². The van der Waals surface area contributed by atoms with Gasteiger partial charge in [-0.2, -0.15) is 0 Å². The van der Waals surface area contributed by atoms with E-state index in [1.165, 1.54) is 17.8 Å². The van der Waals surface area contributed by atoms with Gasteiger partial charge in [0.25, 0.3) is 5.91 Å². The highest BCUT2D eigenvalue weighted by atomic mass is 32.2. The zero-order chi connectivity index (χ0) is 18.7. The Kier molecular flexibility index (Phi) is 6.31. The zero-order valence-corrected chi connectivity index (χ0v) is 16.2. The normalized spacial score (nSPS) is 21.1. The van der Waals surface area contributed by atoms with Crippen LogP contribution in [0.2, 0.25) is 0 Å². The maximum absolute atomic E-state index is 12.5. The van der Waals surface area contributed by atoms with Crippen LogP contribution in [0.3, 0.4) is 0 Å². The number of thioether (sulfide) groups is 2. The summed E-state index contributed by atoms with van der Waals surface area (Å²) in [6, 6.07) is 0. The standard InChI is InChI=1S/C15H16N2O5S3/c1-4-22-11(20)6-5-9-8(2)16(3)14(24-9)12-13(21)17(7-10(18)19)15(23)25-12/h5-6H,4,7H2,1-3H3,(H,18,19)/b6-5+,14-12+. The predicted molar refractivity (Wildman–Crippen MR) is 100 cm³/mol. The van der Waals surface area contributed by atoms with Crippen molar-refractivity contribution in [2.45, 2.75) is 13.8 Å². The van der Waals surface area contributed by atoms with E-state index < -0.39 is 24.4 Å². The lowest BCUT2D eigenvalue weighted by atomic mass is 10.3. The third-order valence-electron chi connectivity index (χ3n) is 3.37. The van der Waals surface area contributed by atoms with Crippen LogP contribution in [0.1, 0.15) is 13.8 Å². The first kappa shape index (κ1) is 19.5. The minimum atomic E-state index is -1.12. The number of esters is 1. The van der Waals surface area contributed by atoms with Crippen molar-refractivity contribution in [1.82, 2.24) is 9.80 Å². The van der Waals surface area contributed by atoms with Crippen molar-refractivity contribution < 1.29 is 24.2 Å².